The van der Waals surface area contributed by atoms with E-state index in [2.05, 4.69) is 32.4 Å². The Morgan fingerprint density at radius 3 is 3.00 bits per heavy atom. The van der Waals surface area contributed by atoms with Crippen molar-refractivity contribution in [3.8, 4) is 10.6 Å². The topological polar surface area (TPSA) is 70.7 Å². The van der Waals surface area contributed by atoms with E-state index in [1.807, 2.05) is 35.8 Å². The van der Waals surface area contributed by atoms with Gasteiger partial charge in [-0.25, -0.2) is 4.98 Å². The molecule has 5 nitrogen and oxygen atoms in total. The maximum atomic E-state index is 12.2. The molecule has 1 aromatic carbocycles. The maximum absolute atomic E-state index is 12.2. The van der Waals surface area contributed by atoms with Gasteiger partial charge < -0.3 is 10.3 Å². The van der Waals surface area contributed by atoms with E-state index in [4.69, 9.17) is 0 Å². The lowest BCUT2D eigenvalue weighted by atomic mass is 10.1. The number of nitrogens with zero attached hydrogens (tertiary/aromatic N) is 2. The average Bonchev–Trinajstić information content (AvgIpc) is 3.30. The van der Waals surface area contributed by atoms with Crippen molar-refractivity contribution in [1.29, 1.82) is 0 Å². The second-order valence-electron chi connectivity index (χ2n) is 6.02. The van der Waals surface area contributed by atoms with Crippen LogP contribution >= 0.6 is 11.3 Å². The van der Waals surface area contributed by atoms with Crippen LogP contribution in [0.25, 0.3) is 21.5 Å². The van der Waals surface area contributed by atoms with Gasteiger partial charge in [-0.2, -0.15) is 0 Å². The van der Waals surface area contributed by atoms with E-state index in [1.54, 1.807) is 12.4 Å². The Bertz CT molecular complexity index is 1020. The van der Waals surface area contributed by atoms with Crippen LogP contribution in [0.5, 0.6) is 0 Å². The second kappa shape index (κ2) is 7.49. The standard InChI is InChI=1S/C20H18N4OS/c25-19(10-16-13-26-20(24-16)15-4-3-8-21-11-15)22-9-7-14-12-23-18-6-2-1-5-17(14)18/h1-6,8,11-13,23H,7,9-10H2,(H,22,25). The zero-order chi connectivity index (χ0) is 17.8. The van der Waals surface area contributed by atoms with Crippen molar-refractivity contribution in [3.63, 3.8) is 0 Å². The Hall–Kier alpha value is -2.99. The van der Waals surface area contributed by atoms with Crippen molar-refractivity contribution < 1.29 is 4.79 Å². The SMILES string of the molecule is O=C(Cc1csc(-c2cccnc2)n1)NCCc1c[nH]c2ccccc12. The molecule has 6 heteroatoms. The second-order valence-corrected chi connectivity index (χ2v) is 6.88. The van der Waals surface area contributed by atoms with Crippen molar-refractivity contribution in [3.05, 3.63) is 71.6 Å². The van der Waals surface area contributed by atoms with E-state index in [-0.39, 0.29) is 5.91 Å². The third-order valence-corrected chi connectivity index (χ3v) is 5.13. The van der Waals surface area contributed by atoms with Crippen LogP contribution in [-0.2, 0) is 17.6 Å². The molecule has 3 aromatic heterocycles. The van der Waals surface area contributed by atoms with Crippen molar-refractivity contribution in [2.24, 2.45) is 0 Å². The summed E-state index contributed by atoms with van der Waals surface area (Å²) in [6, 6.07) is 12.0. The highest BCUT2D eigenvalue weighted by Crippen LogP contribution is 2.22. The van der Waals surface area contributed by atoms with Crippen LogP contribution in [-0.4, -0.2) is 27.4 Å². The summed E-state index contributed by atoms with van der Waals surface area (Å²) in [5.41, 5.74) is 4.11. The summed E-state index contributed by atoms with van der Waals surface area (Å²) in [4.78, 5) is 24.1. The third kappa shape index (κ3) is 3.65. The van der Waals surface area contributed by atoms with Gasteiger partial charge in [-0.3, -0.25) is 9.78 Å². The fourth-order valence-electron chi connectivity index (χ4n) is 2.91. The molecule has 0 aliphatic carbocycles. The number of carbonyl (C=O) groups is 1. The van der Waals surface area contributed by atoms with Gasteiger partial charge in [-0.05, 0) is 30.2 Å². The predicted molar refractivity (Wildman–Crippen MR) is 104 cm³/mol. The van der Waals surface area contributed by atoms with Gasteiger partial charge in [0.1, 0.15) is 5.01 Å². The molecular formula is C20H18N4OS. The molecule has 0 unspecified atom stereocenters. The minimum atomic E-state index is -0.00659. The number of amides is 1. The Labute approximate surface area is 155 Å². The normalized spacial score (nSPS) is 10.9. The minimum absolute atomic E-state index is 0.00659. The number of hydrogen-bond donors (Lipinski definition) is 2. The fourth-order valence-corrected chi connectivity index (χ4v) is 3.72. The van der Waals surface area contributed by atoms with Crippen LogP contribution in [0.15, 0.2) is 60.4 Å². The van der Waals surface area contributed by atoms with E-state index in [9.17, 15) is 4.79 Å². The number of rotatable bonds is 6. The quantitative estimate of drug-likeness (QED) is 0.551. The first-order valence-electron chi connectivity index (χ1n) is 8.46. The lowest BCUT2D eigenvalue weighted by Crippen LogP contribution is -2.27. The molecule has 2 N–H and O–H groups in total. The molecule has 4 aromatic rings. The Morgan fingerprint density at radius 2 is 2.12 bits per heavy atom. The van der Waals surface area contributed by atoms with Crippen LogP contribution in [0.3, 0.4) is 0 Å². The van der Waals surface area contributed by atoms with E-state index in [0.717, 1.165) is 28.2 Å². The first-order chi connectivity index (χ1) is 12.8. The molecule has 3 heterocycles. The number of aromatic nitrogens is 3. The largest absolute Gasteiger partial charge is 0.361 e. The zero-order valence-corrected chi connectivity index (χ0v) is 14.9. The molecule has 0 spiro atoms. The van der Waals surface area contributed by atoms with Gasteiger partial charge in [0, 0.05) is 47.0 Å². The number of thiazole rings is 1. The molecule has 0 fully saturated rings. The first-order valence-corrected chi connectivity index (χ1v) is 9.34. The highest BCUT2D eigenvalue weighted by atomic mass is 32.1. The fraction of sp³-hybridized carbons (Fsp3) is 0.150. The molecule has 4 rings (SSSR count). The number of fused-ring (bicyclic) bond motifs is 1. The van der Waals surface area contributed by atoms with Gasteiger partial charge in [0.25, 0.3) is 0 Å². The molecule has 0 aliphatic heterocycles. The number of hydrogen-bond acceptors (Lipinski definition) is 4. The highest BCUT2D eigenvalue weighted by molar-refractivity contribution is 7.13. The molecule has 130 valence electrons. The summed E-state index contributed by atoms with van der Waals surface area (Å²) in [7, 11) is 0. The Balaban J connectivity index is 1.31. The molecule has 0 aliphatic rings. The van der Waals surface area contributed by atoms with Crippen molar-refractivity contribution in [2.75, 3.05) is 6.54 Å². The summed E-state index contributed by atoms with van der Waals surface area (Å²) < 4.78 is 0. The van der Waals surface area contributed by atoms with Gasteiger partial charge in [0.2, 0.25) is 5.91 Å². The van der Waals surface area contributed by atoms with Crippen LogP contribution in [0.2, 0.25) is 0 Å². The molecule has 0 radical (unpaired) electrons. The van der Waals surface area contributed by atoms with Crippen LogP contribution < -0.4 is 5.32 Å². The van der Waals surface area contributed by atoms with E-state index in [0.29, 0.717) is 13.0 Å². The van der Waals surface area contributed by atoms with E-state index in [1.165, 1.54) is 22.3 Å². The van der Waals surface area contributed by atoms with Crippen molar-refractivity contribution in [1.82, 2.24) is 20.3 Å². The number of pyridine rings is 1. The van der Waals surface area contributed by atoms with Gasteiger partial charge in [-0.1, -0.05) is 18.2 Å². The summed E-state index contributed by atoms with van der Waals surface area (Å²) in [6.45, 7) is 0.611. The number of nitrogens with one attached hydrogen (secondary N) is 2. The minimum Gasteiger partial charge on any atom is -0.361 e. The maximum Gasteiger partial charge on any atom is 0.226 e. The molecule has 0 atom stereocenters. The predicted octanol–water partition coefficient (Wildman–Crippen LogP) is 3.59. The summed E-state index contributed by atoms with van der Waals surface area (Å²) in [5.74, 6) is -0.00659. The summed E-state index contributed by atoms with van der Waals surface area (Å²) >= 11 is 1.53. The van der Waals surface area contributed by atoms with Gasteiger partial charge >= 0.3 is 0 Å². The zero-order valence-electron chi connectivity index (χ0n) is 14.1. The van der Waals surface area contributed by atoms with Gasteiger partial charge in [0.05, 0.1) is 12.1 Å². The van der Waals surface area contributed by atoms with Gasteiger partial charge in [-0.15, -0.1) is 11.3 Å². The lowest BCUT2D eigenvalue weighted by molar-refractivity contribution is -0.120. The summed E-state index contributed by atoms with van der Waals surface area (Å²) in [5, 5.41) is 7.01. The van der Waals surface area contributed by atoms with Crippen LogP contribution in [0.1, 0.15) is 11.3 Å². The number of para-hydroxylation sites is 1. The molecule has 26 heavy (non-hydrogen) atoms. The average molecular weight is 362 g/mol. The smallest absolute Gasteiger partial charge is 0.226 e. The molecular weight excluding hydrogens is 344 g/mol. The Morgan fingerprint density at radius 1 is 1.19 bits per heavy atom. The summed E-state index contributed by atoms with van der Waals surface area (Å²) in [6.07, 6.45) is 6.62. The highest BCUT2D eigenvalue weighted by Gasteiger charge is 2.09. The van der Waals surface area contributed by atoms with Gasteiger partial charge in [0.15, 0.2) is 0 Å². The third-order valence-electron chi connectivity index (χ3n) is 4.19. The number of benzene rings is 1. The molecule has 0 saturated heterocycles. The van der Waals surface area contributed by atoms with Crippen molar-refractivity contribution >= 4 is 28.1 Å². The van der Waals surface area contributed by atoms with Crippen LogP contribution in [0.4, 0.5) is 0 Å². The van der Waals surface area contributed by atoms with E-state index >= 15 is 0 Å². The first kappa shape index (κ1) is 16.5. The molecule has 1 amide bonds. The van der Waals surface area contributed by atoms with E-state index < -0.39 is 0 Å². The molecule has 0 saturated carbocycles. The van der Waals surface area contributed by atoms with Crippen molar-refractivity contribution in [2.45, 2.75) is 12.8 Å². The lowest BCUT2D eigenvalue weighted by Gasteiger charge is -2.03. The van der Waals surface area contributed by atoms with Crippen LogP contribution in [0, 0.1) is 0 Å². The number of H-pyrrole nitrogens is 1. The number of carbonyl (C=O) groups excluding carboxylic acids is 1. The Kier molecular flexibility index (Phi) is 4.75. The monoisotopic (exact) mass is 362 g/mol. The number of aromatic amines is 1. The molecule has 0 bridgehead atoms.